The number of aromatic nitrogens is 2. The predicted molar refractivity (Wildman–Crippen MR) is 61.8 cm³/mol. The summed E-state index contributed by atoms with van der Waals surface area (Å²) in [5, 5.41) is 9.07. The number of nitrogens with two attached hydrogens (primary N) is 1. The first-order valence-corrected chi connectivity index (χ1v) is 5.01. The maximum atomic E-state index is 13.2. The number of benzene rings is 1. The van der Waals surface area contributed by atoms with Gasteiger partial charge in [-0.05, 0) is 18.2 Å². The third kappa shape index (κ3) is 2.36. The summed E-state index contributed by atoms with van der Waals surface area (Å²) in [6.07, 6.45) is 1.36. The Morgan fingerprint density at radius 1 is 1.53 bits per heavy atom. The lowest BCUT2D eigenvalue weighted by atomic mass is 10.2. The van der Waals surface area contributed by atoms with Gasteiger partial charge in [-0.15, -0.1) is 0 Å². The third-order valence-corrected chi connectivity index (χ3v) is 2.39. The molecule has 0 radical (unpaired) electrons. The number of H-pyrrole nitrogens is 1. The summed E-state index contributed by atoms with van der Waals surface area (Å²) in [7, 11) is 0. The van der Waals surface area contributed by atoms with Crippen LogP contribution in [0.2, 0.25) is 5.02 Å². The zero-order chi connectivity index (χ0) is 12.4. The van der Waals surface area contributed by atoms with Crippen molar-refractivity contribution in [2.75, 3.05) is 5.32 Å². The Kier molecular flexibility index (Phi) is 2.97. The Hall–Kier alpha value is -2.08. The number of rotatable bonds is 3. The summed E-state index contributed by atoms with van der Waals surface area (Å²) in [5.74, 6) is -0.956. The van der Waals surface area contributed by atoms with E-state index in [1.54, 1.807) is 6.07 Å². The van der Waals surface area contributed by atoms with Gasteiger partial charge >= 0.3 is 0 Å². The highest BCUT2D eigenvalue weighted by molar-refractivity contribution is 6.30. The highest BCUT2D eigenvalue weighted by atomic mass is 35.5. The molecule has 5 nitrogen and oxygen atoms in total. The molecule has 0 spiro atoms. The van der Waals surface area contributed by atoms with Crippen molar-refractivity contribution in [3.63, 3.8) is 0 Å². The minimum atomic E-state index is -0.629. The molecule has 0 aliphatic heterocycles. The smallest absolute Gasteiger partial charge is 0.254 e. The molecule has 88 valence electrons. The van der Waals surface area contributed by atoms with Gasteiger partial charge in [-0.3, -0.25) is 9.89 Å². The number of aromatic amines is 1. The van der Waals surface area contributed by atoms with Gasteiger partial charge in [0.15, 0.2) is 5.82 Å². The van der Waals surface area contributed by atoms with Crippen molar-refractivity contribution in [2.24, 2.45) is 5.73 Å². The normalized spacial score (nSPS) is 10.2. The molecule has 1 aromatic heterocycles. The molecule has 0 bridgehead atoms. The molecule has 2 rings (SSSR count). The molecular formula is C10H8ClFN4O. The number of nitrogens with zero attached hydrogens (tertiary/aromatic N) is 1. The van der Waals surface area contributed by atoms with Crippen LogP contribution in [0.4, 0.5) is 15.9 Å². The number of primary amides is 1. The highest BCUT2D eigenvalue weighted by Gasteiger charge is 2.11. The van der Waals surface area contributed by atoms with Gasteiger partial charge in [0.2, 0.25) is 0 Å². The first-order chi connectivity index (χ1) is 8.08. The molecular weight excluding hydrogens is 247 g/mol. The van der Waals surface area contributed by atoms with Gasteiger partial charge in [-0.25, -0.2) is 4.39 Å². The fourth-order valence-electron chi connectivity index (χ4n) is 1.28. The number of carbonyl (C=O) groups excluding carboxylic acids is 1. The molecule has 4 N–H and O–H groups in total. The van der Waals surface area contributed by atoms with Gasteiger partial charge in [0.1, 0.15) is 11.4 Å². The number of hydrogen-bond acceptors (Lipinski definition) is 3. The second kappa shape index (κ2) is 4.42. The van der Waals surface area contributed by atoms with E-state index in [0.29, 0.717) is 5.69 Å². The molecule has 0 aliphatic carbocycles. The second-order valence-electron chi connectivity index (χ2n) is 3.27. The van der Waals surface area contributed by atoms with Gasteiger partial charge in [-0.1, -0.05) is 11.6 Å². The summed E-state index contributed by atoms with van der Waals surface area (Å²) >= 11 is 5.55. The zero-order valence-corrected chi connectivity index (χ0v) is 9.25. The second-order valence-corrected chi connectivity index (χ2v) is 3.67. The molecule has 0 atom stereocenters. The molecule has 2 aromatic rings. The molecule has 0 aliphatic rings. The number of carbonyl (C=O) groups is 1. The van der Waals surface area contributed by atoms with Gasteiger partial charge < -0.3 is 11.1 Å². The number of nitrogens with one attached hydrogen (secondary N) is 2. The van der Waals surface area contributed by atoms with Crippen molar-refractivity contribution in [1.29, 1.82) is 0 Å². The lowest BCUT2D eigenvalue weighted by Gasteiger charge is -2.05. The molecule has 1 heterocycles. The van der Waals surface area contributed by atoms with Crippen LogP contribution in [0.3, 0.4) is 0 Å². The van der Waals surface area contributed by atoms with Crippen LogP contribution in [0.5, 0.6) is 0 Å². The zero-order valence-electron chi connectivity index (χ0n) is 8.50. The van der Waals surface area contributed by atoms with Crippen LogP contribution in [0.15, 0.2) is 24.4 Å². The van der Waals surface area contributed by atoms with Gasteiger partial charge in [0.25, 0.3) is 5.91 Å². The Balaban J connectivity index is 2.28. The fourth-order valence-corrected chi connectivity index (χ4v) is 1.40. The van der Waals surface area contributed by atoms with Crippen molar-refractivity contribution >= 4 is 29.0 Å². The fraction of sp³-hybridized carbons (Fsp3) is 0. The molecule has 17 heavy (non-hydrogen) atoms. The van der Waals surface area contributed by atoms with Crippen LogP contribution in [-0.4, -0.2) is 16.1 Å². The molecule has 1 amide bonds. The summed E-state index contributed by atoms with van der Waals surface area (Å²) in [5.41, 5.74) is 5.75. The SMILES string of the molecule is NC(=O)c1c[nH]nc1Nc1ccc(Cl)c(F)c1. The minimum absolute atomic E-state index is 0.0210. The monoisotopic (exact) mass is 254 g/mol. The minimum Gasteiger partial charge on any atom is -0.365 e. The molecule has 0 fully saturated rings. The van der Waals surface area contributed by atoms with E-state index in [1.165, 1.54) is 18.3 Å². The van der Waals surface area contributed by atoms with Crippen LogP contribution in [0, 0.1) is 5.82 Å². The molecule has 0 unspecified atom stereocenters. The Bertz CT molecular complexity index is 569. The quantitative estimate of drug-likeness (QED) is 0.784. The average Bonchev–Trinajstić information content (AvgIpc) is 2.72. The Labute approximate surface area is 101 Å². The lowest BCUT2D eigenvalue weighted by Crippen LogP contribution is -2.12. The molecule has 7 heteroatoms. The van der Waals surface area contributed by atoms with Crippen LogP contribution in [0.25, 0.3) is 0 Å². The first kappa shape index (κ1) is 11.4. The first-order valence-electron chi connectivity index (χ1n) is 4.63. The summed E-state index contributed by atoms with van der Waals surface area (Å²) in [6, 6.07) is 4.16. The van der Waals surface area contributed by atoms with Crippen LogP contribution < -0.4 is 11.1 Å². The predicted octanol–water partition coefficient (Wildman–Crippen LogP) is 2.04. The maximum Gasteiger partial charge on any atom is 0.254 e. The summed E-state index contributed by atoms with van der Waals surface area (Å²) < 4.78 is 13.2. The van der Waals surface area contributed by atoms with Gasteiger partial charge in [0.05, 0.1) is 5.02 Å². The Morgan fingerprint density at radius 3 is 2.94 bits per heavy atom. The third-order valence-electron chi connectivity index (χ3n) is 2.09. The van der Waals surface area contributed by atoms with Crippen molar-refractivity contribution in [3.8, 4) is 0 Å². The number of amides is 1. The van der Waals surface area contributed by atoms with E-state index < -0.39 is 11.7 Å². The van der Waals surface area contributed by atoms with E-state index in [4.69, 9.17) is 17.3 Å². The van der Waals surface area contributed by atoms with E-state index in [0.717, 1.165) is 0 Å². The van der Waals surface area contributed by atoms with Crippen LogP contribution in [-0.2, 0) is 0 Å². The van der Waals surface area contributed by atoms with Crippen LogP contribution >= 0.6 is 11.6 Å². The molecule has 0 saturated heterocycles. The van der Waals surface area contributed by atoms with E-state index in [-0.39, 0.29) is 16.4 Å². The molecule has 1 aromatic carbocycles. The Morgan fingerprint density at radius 2 is 2.29 bits per heavy atom. The number of anilines is 2. The maximum absolute atomic E-state index is 13.2. The topological polar surface area (TPSA) is 83.8 Å². The van der Waals surface area contributed by atoms with Crippen molar-refractivity contribution in [2.45, 2.75) is 0 Å². The van der Waals surface area contributed by atoms with Crippen LogP contribution in [0.1, 0.15) is 10.4 Å². The number of halogens is 2. The average molecular weight is 255 g/mol. The van der Waals surface area contributed by atoms with E-state index in [2.05, 4.69) is 15.5 Å². The largest absolute Gasteiger partial charge is 0.365 e. The highest BCUT2D eigenvalue weighted by Crippen LogP contribution is 2.22. The van der Waals surface area contributed by atoms with Gasteiger partial charge in [-0.2, -0.15) is 5.10 Å². The van der Waals surface area contributed by atoms with Crippen molar-refractivity contribution in [3.05, 3.63) is 40.8 Å². The van der Waals surface area contributed by atoms with Crippen molar-refractivity contribution in [1.82, 2.24) is 10.2 Å². The summed E-state index contributed by atoms with van der Waals surface area (Å²) in [6.45, 7) is 0. The van der Waals surface area contributed by atoms with E-state index >= 15 is 0 Å². The van der Waals surface area contributed by atoms with Gasteiger partial charge in [0, 0.05) is 11.9 Å². The standard InChI is InChI=1S/C10H8ClFN4O/c11-7-2-1-5(3-8(7)12)15-10-6(9(13)17)4-14-16-10/h1-4H,(H2,13,17)(H2,14,15,16). The number of hydrogen-bond donors (Lipinski definition) is 3. The summed E-state index contributed by atoms with van der Waals surface area (Å²) in [4.78, 5) is 11.0. The van der Waals surface area contributed by atoms with Crippen molar-refractivity contribution < 1.29 is 9.18 Å². The lowest BCUT2D eigenvalue weighted by molar-refractivity contribution is 0.100. The van der Waals surface area contributed by atoms with E-state index in [1.807, 2.05) is 0 Å². The van der Waals surface area contributed by atoms with E-state index in [9.17, 15) is 9.18 Å². The molecule has 0 saturated carbocycles.